The molecule has 3 aliphatic heterocycles. The molecule has 0 saturated carbocycles. The van der Waals surface area contributed by atoms with Crippen LogP contribution in [0.5, 0.6) is 0 Å². The number of likely N-dealkylation sites (tertiary alicyclic amines) is 1. The average Bonchev–Trinajstić information content (AvgIpc) is 3.56. The van der Waals surface area contributed by atoms with Crippen LogP contribution >= 0.6 is 0 Å². The standard InChI is InChI=1S/C21H26N8O4/c1-14-10-27(21(32)29(14)17-8-20(31)33-12-17)16-4-6-26(7-5-16)11-18(30)15-2-3-19(22-9-15)28-13-23-24-25-28/h2-3,8-9,13-14,16,18,30H,4-7,10-12H2,1H3/t14?,18-/m0/s1. The van der Waals surface area contributed by atoms with Crippen molar-refractivity contribution in [3.05, 3.63) is 42.0 Å². The number of carbonyl (C=O) groups excluding carboxylic acids is 2. The number of cyclic esters (lactones) is 1. The van der Waals surface area contributed by atoms with E-state index in [1.807, 2.05) is 17.9 Å². The third-order valence-corrected chi connectivity index (χ3v) is 6.48. The number of amides is 2. The van der Waals surface area contributed by atoms with E-state index < -0.39 is 12.1 Å². The first-order valence-electron chi connectivity index (χ1n) is 11.1. The molecular formula is C21H26N8O4. The summed E-state index contributed by atoms with van der Waals surface area (Å²) in [5, 5.41) is 21.7. The highest BCUT2D eigenvalue weighted by molar-refractivity contribution is 5.88. The lowest BCUT2D eigenvalue weighted by Gasteiger charge is -2.37. The van der Waals surface area contributed by atoms with Crippen molar-refractivity contribution in [3.8, 4) is 5.82 Å². The number of hydrogen-bond acceptors (Lipinski definition) is 9. The largest absolute Gasteiger partial charge is 0.456 e. The van der Waals surface area contributed by atoms with Crippen LogP contribution in [0.15, 0.2) is 36.4 Å². The molecule has 0 radical (unpaired) electrons. The number of pyridine rings is 1. The van der Waals surface area contributed by atoms with Gasteiger partial charge in [-0.15, -0.1) is 5.10 Å². The number of carbonyl (C=O) groups is 2. The van der Waals surface area contributed by atoms with Gasteiger partial charge in [-0.25, -0.2) is 14.6 Å². The first kappa shape index (κ1) is 21.5. The fraction of sp³-hybridized carbons (Fsp3) is 0.524. The van der Waals surface area contributed by atoms with E-state index in [9.17, 15) is 14.7 Å². The van der Waals surface area contributed by atoms with Crippen molar-refractivity contribution in [1.82, 2.24) is 39.9 Å². The molecule has 2 amide bonds. The number of esters is 1. The summed E-state index contributed by atoms with van der Waals surface area (Å²) in [6.07, 6.45) is 5.53. The molecule has 33 heavy (non-hydrogen) atoms. The molecule has 0 spiro atoms. The van der Waals surface area contributed by atoms with Gasteiger partial charge in [-0.3, -0.25) is 4.90 Å². The van der Waals surface area contributed by atoms with E-state index in [2.05, 4.69) is 25.4 Å². The number of nitrogens with zero attached hydrogens (tertiary/aromatic N) is 8. The average molecular weight is 454 g/mol. The Kier molecular flexibility index (Phi) is 5.77. The second-order valence-corrected chi connectivity index (χ2v) is 8.65. The molecule has 12 nitrogen and oxygen atoms in total. The highest BCUT2D eigenvalue weighted by atomic mass is 16.5. The molecule has 0 aromatic carbocycles. The van der Waals surface area contributed by atoms with E-state index in [0.29, 0.717) is 24.6 Å². The van der Waals surface area contributed by atoms with Gasteiger partial charge < -0.3 is 19.6 Å². The zero-order chi connectivity index (χ0) is 22.9. The first-order valence-corrected chi connectivity index (χ1v) is 11.1. The van der Waals surface area contributed by atoms with Crippen LogP contribution in [0.3, 0.4) is 0 Å². The van der Waals surface area contributed by atoms with Gasteiger partial charge in [0.25, 0.3) is 0 Å². The van der Waals surface area contributed by atoms with Gasteiger partial charge in [-0.05, 0) is 36.3 Å². The lowest BCUT2D eigenvalue weighted by atomic mass is 10.0. The minimum absolute atomic E-state index is 0.00174. The zero-order valence-electron chi connectivity index (χ0n) is 18.3. The maximum atomic E-state index is 13.0. The molecule has 174 valence electrons. The smallest absolute Gasteiger partial charge is 0.333 e. The Morgan fingerprint density at radius 1 is 1.24 bits per heavy atom. The fourth-order valence-corrected chi connectivity index (χ4v) is 4.75. The van der Waals surface area contributed by atoms with Crippen molar-refractivity contribution in [1.29, 1.82) is 0 Å². The minimum Gasteiger partial charge on any atom is -0.456 e. The second kappa shape index (κ2) is 8.87. The number of aliphatic hydroxyl groups is 1. The highest BCUT2D eigenvalue weighted by Crippen LogP contribution is 2.29. The summed E-state index contributed by atoms with van der Waals surface area (Å²) in [5.41, 5.74) is 1.37. The van der Waals surface area contributed by atoms with Gasteiger partial charge >= 0.3 is 12.0 Å². The summed E-state index contributed by atoms with van der Waals surface area (Å²) in [5.74, 6) is 0.190. The SMILES string of the molecule is CC1CN(C2CCN(C[C@H](O)c3ccc(-n4cnnn4)nc3)CC2)C(=O)N1C1=CC(=O)OC1. The summed E-state index contributed by atoms with van der Waals surface area (Å²) < 4.78 is 6.43. The number of rotatable bonds is 6. The van der Waals surface area contributed by atoms with Gasteiger partial charge in [0.2, 0.25) is 0 Å². The Bertz CT molecular complexity index is 1030. The molecule has 0 bridgehead atoms. The van der Waals surface area contributed by atoms with E-state index in [1.165, 1.54) is 17.1 Å². The van der Waals surface area contributed by atoms with Crippen molar-refractivity contribution in [2.45, 2.75) is 38.0 Å². The summed E-state index contributed by atoms with van der Waals surface area (Å²) >= 11 is 0. The topological polar surface area (TPSA) is 130 Å². The zero-order valence-corrected chi connectivity index (χ0v) is 18.3. The van der Waals surface area contributed by atoms with E-state index in [-0.39, 0.29) is 24.7 Å². The van der Waals surface area contributed by atoms with Crippen molar-refractivity contribution >= 4 is 12.0 Å². The molecule has 5 heterocycles. The number of aromatic nitrogens is 5. The molecular weight excluding hydrogens is 428 g/mol. The Morgan fingerprint density at radius 2 is 2.06 bits per heavy atom. The van der Waals surface area contributed by atoms with Crippen LogP contribution in [0.2, 0.25) is 0 Å². The van der Waals surface area contributed by atoms with Crippen LogP contribution in [0.25, 0.3) is 5.82 Å². The van der Waals surface area contributed by atoms with Crippen LogP contribution in [0.4, 0.5) is 4.79 Å². The number of ether oxygens (including phenoxy) is 1. The summed E-state index contributed by atoms with van der Waals surface area (Å²) in [7, 11) is 0. The van der Waals surface area contributed by atoms with Crippen LogP contribution in [0.1, 0.15) is 31.4 Å². The normalized spacial score (nSPS) is 23.2. The first-order chi connectivity index (χ1) is 16.0. The number of β-amino-alcohol motifs (C(OH)–C–C–N with tert-alkyl or cyclic N) is 1. The fourth-order valence-electron chi connectivity index (χ4n) is 4.75. The third kappa shape index (κ3) is 4.31. The maximum Gasteiger partial charge on any atom is 0.333 e. The molecule has 3 aliphatic rings. The summed E-state index contributed by atoms with van der Waals surface area (Å²) in [6.45, 7) is 4.87. The molecule has 12 heteroatoms. The lowest BCUT2D eigenvalue weighted by molar-refractivity contribution is -0.135. The van der Waals surface area contributed by atoms with Crippen LogP contribution < -0.4 is 0 Å². The van der Waals surface area contributed by atoms with E-state index in [4.69, 9.17) is 4.74 Å². The predicted molar refractivity (Wildman–Crippen MR) is 114 cm³/mol. The molecule has 2 fully saturated rings. The third-order valence-electron chi connectivity index (χ3n) is 6.48. The number of tetrazole rings is 1. The quantitative estimate of drug-likeness (QED) is 0.605. The number of urea groups is 1. The van der Waals surface area contributed by atoms with Gasteiger partial charge in [0, 0.05) is 50.1 Å². The molecule has 2 aromatic rings. The van der Waals surface area contributed by atoms with Crippen molar-refractivity contribution in [3.63, 3.8) is 0 Å². The Morgan fingerprint density at radius 3 is 2.70 bits per heavy atom. The van der Waals surface area contributed by atoms with Crippen LogP contribution in [-0.4, -0.2) is 102 Å². The van der Waals surface area contributed by atoms with Gasteiger partial charge in [0.1, 0.15) is 12.9 Å². The van der Waals surface area contributed by atoms with Gasteiger partial charge in [-0.1, -0.05) is 6.07 Å². The highest BCUT2D eigenvalue weighted by Gasteiger charge is 2.42. The molecule has 5 rings (SSSR count). The van der Waals surface area contributed by atoms with Crippen molar-refractivity contribution in [2.75, 3.05) is 32.8 Å². The summed E-state index contributed by atoms with van der Waals surface area (Å²) in [6, 6.07) is 3.69. The van der Waals surface area contributed by atoms with E-state index in [0.717, 1.165) is 31.5 Å². The Hall–Kier alpha value is -3.38. The van der Waals surface area contributed by atoms with Crippen molar-refractivity contribution < 1.29 is 19.4 Å². The number of piperidine rings is 1. The van der Waals surface area contributed by atoms with Crippen molar-refractivity contribution in [2.24, 2.45) is 0 Å². The molecule has 2 saturated heterocycles. The molecule has 2 aromatic heterocycles. The van der Waals surface area contributed by atoms with Gasteiger partial charge in [0.05, 0.1) is 17.8 Å². The summed E-state index contributed by atoms with van der Waals surface area (Å²) in [4.78, 5) is 34.6. The predicted octanol–water partition coefficient (Wildman–Crippen LogP) is 0.122. The van der Waals surface area contributed by atoms with Gasteiger partial charge in [-0.2, -0.15) is 4.68 Å². The Balaban J connectivity index is 1.14. The van der Waals surface area contributed by atoms with E-state index in [1.54, 1.807) is 17.2 Å². The van der Waals surface area contributed by atoms with Crippen LogP contribution in [0, 0.1) is 0 Å². The molecule has 1 N–H and O–H groups in total. The number of aliphatic hydroxyl groups excluding tert-OH is 1. The lowest BCUT2D eigenvalue weighted by Crippen LogP contribution is -2.47. The number of hydrogen-bond donors (Lipinski definition) is 1. The van der Waals surface area contributed by atoms with Gasteiger partial charge in [0.15, 0.2) is 5.82 Å². The molecule has 1 unspecified atom stereocenters. The monoisotopic (exact) mass is 454 g/mol. The molecule has 2 atom stereocenters. The second-order valence-electron chi connectivity index (χ2n) is 8.65. The maximum absolute atomic E-state index is 13.0. The minimum atomic E-state index is -0.659. The van der Waals surface area contributed by atoms with Crippen LogP contribution in [-0.2, 0) is 9.53 Å². The molecule has 0 aliphatic carbocycles. The Labute approximate surface area is 190 Å². The van der Waals surface area contributed by atoms with E-state index >= 15 is 0 Å².